The fourth-order valence-electron chi connectivity index (χ4n) is 1.41. The summed E-state index contributed by atoms with van der Waals surface area (Å²) < 4.78 is 0. The third-order valence-electron chi connectivity index (χ3n) is 2.41. The minimum absolute atomic E-state index is 0.335. The van der Waals surface area contributed by atoms with Crippen LogP contribution in [0.1, 0.15) is 25.3 Å². The Morgan fingerprint density at radius 3 is 2.60 bits per heavy atom. The van der Waals surface area contributed by atoms with Crippen molar-refractivity contribution in [1.29, 1.82) is 0 Å². The van der Waals surface area contributed by atoms with Crippen LogP contribution in [-0.4, -0.2) is 18.9 Å². The normalized spacial score (nSPS) is 10.2. The minimum Gasteiger partial charge on any atom is -0.316 e. The van der Waals surface area contributed by atoms with Crippen molar-refractivity contribution in [3.05, 3.63) is 35.9 Å². The molecule has 0 fully saturated rings. The lowest BCUT2D eigenvalue weighted by molar-refractivity contribution is -0.118. The highest BCUT2D eigenvalue weighted by Gasteiger charge is 1.96. The minimum atomic E-state index is 0.335. The molecule has 15 heavy (non-hydrogen) atoms. The molecule has 0 amide bonds. The van der Waals surface area contributed by atoms with Crippen LogP contribution >= 0.6 is 0 Å². The van der Waals surface area contributed by atoms with Gasteiger partial charge in [-0.1, -0.05) is 37.3 Å². The molecule has 0 atom stereocenters. The maximum Gasteiger partial charge on any atom is 0.133 e. The predicted molar refractivity (Wildman–Crippen MR) is 62.9 cm³/mol. The number of Topliss-reactive ketones (excluding diaryl/α,β-unsaturated/α-hetero) is 1. The Bertz CT molecular complexity index is 282. The van der Waals surface area contributed by atoms with Gasteiger partial charge in [0.25, 0.3) is 0 Å². The van der Waals surface area contributed by atoms with Gasteiger partial charge in [0, 0.05) is 19.4 Å². The zero-order valence-corrected chi connectivity index (χ0v) is 9.33. The van der Waals surface area contributed by atoms with Crippen molar-refractivity contribution in [3.8, 4) is 0 Å². The number of carbonyl (C=O) groups is 1. The summed E-state index contributed by atoms with van der Waals surface area (Å²) in [6, 6.07) is 10.4. The molecule has 1 aromatic rings. The Morgan fingerprint density at radius 1 is 1.20 bits per heavy atom. The lowest BCUT2D eigenvalue weighted by Gasteiger charge is -2.03. The second-order valence-corrected chi connectivity index (χ2v) is 3.63. The largest absolute Gasteiger partial charge is 0.316 e. The maximum absolute atomic E-state index is 11.0. The molecule has 0 radical (unpaired) electrons. The summed E-state index contributed by atoms with van der Waals surface area (Å²) in [5.74, 6) is 0.335. The van der Waals surface area contributed by atoms with Gasteiger partial charge >= 0.3 is 0 Å². The lowest BCUT2D eigenvalue weighted by atomic mass is 10.1. The summed E-state index contributed by atoms with van der Waals surface area (Å²) in [4.78, 5) is 11.0. The van der Waals surface area contributed by atoms with Crippen LogP contribution in [-0.2, 0) is 11.2 Å². The van der Waals surface area contributed by atoms with Crippen LogP contribution in [0.3, 0.4) is 0 Å². The van der Waals surface area contributed by atoms with Crippen LogP contribution in [0.15, 0.2) is 30.3 Å². The molecule has 0 saturated heterocycles. The first kappa shape index (κ1) is 11.9. The number of hydrogen-bond donors (Lipinski definition) is 1. The molecule has 2 heteroatoms. The van der Waals surface area contributed by atoms with Gasteiger partial charge in [-0.15, -0.1) is 0 Å². The summed E-state index contributed by atoms with van der Waals surface area (Å²) in [5.41, 5.74) is 1.34. The van der Waals surface area contributed by atoms with Gasteiger partial charge in [-0.05, 0) is 18.5 Å². The van der Waals surface area contributed by atoms with Gasteiger partial charge < -0.3 is 5.32 Å². The maximum atomic E-state index is 11.0. The first-order valence-corrected chi connectivity index (χ1v) is 5.59. The molecule has 0 aliphatic carbocycles. The molecule has 2 nitrogen and oxygen atoms in total. The molecule has 0 saturated carbocycles. The second kappa shape index (κ2) is 7.18. The molecule has 1 rings (SSSR count). The van der Waals surface area contributed by atoms with Crippen LogP contribution in [0, 0.1) is 0 Å². The van der Waals surface area contributed by atoms with Gasteiger partial charge in [0.2, 0.25) is 0 Å². The van der Waals surface area contributed by atoms with Crippen LogP contribution in [0.5, 0.6) is 0 Å². The molecule has 0 aliphatic rings. The zero-order valence-electron chi connectivity index (χ0n) is 9.33. The van der Waals surface area contributed by atoms with Crippen LogP contribution < -0.4 is 5.32 Å². The van der Waals surface area contributed by atoms with Crippen LogP contribution in [0.4, 0.5) is 0 Å². The number of benzene rings is 1. The van der Waals surface area contributed by atoms with Crippen LogP contribution in [0.25, 0.3) is 0 Å². The summed E-state index contributed by atoms with van der Waals surface area (Å²) >= 11 is 0. The highest BCUT2D eigenvalue weighted by molar-refractivity contribution is 5.78. The SMILES string of the molecule is CCC(=O)CCNCCc1ccccc1. The number of nitrogens with one attached hydrogen (secondary N) is 1. The fraction of sp³-hybridized carbons (Fsp3) is 0.462. The second-order valence-electron chi connectivity index (χ2n) is 3.63. The number of hydrogen-bond acceptors (Lipinski definition) is 2. The van der Waals surface area contributed by atoms with E-state index in [1.54, 1.807) is 0 Å². The molecular formula is C13H19NO. The van der Waals surface area contributed by atoms with Crippen molar-refractivity contribution in [1.82, 2.24) is 5.32 Å². The molecule has 0 aliphatic heterocycles. The number of rotatable bonds is 7. The molecule has 1 N–H and O–H groups in total. The molecule has 0 heterocycles. The Kier molecular flexibility index (Phi) is 5.71. The quantitative estimate of drug-likeness (QED) is 0.691. The van der Waals surface area contributed by atoms with E-state index in [0.29, 0.717) is 18.6 Å². The summed E-state index contributed by atoms with van der Waals surface area (Å²) in [5, 5.41) is 3.28. The smallest absolute Gasteiger partial charge is 0.133 e. The zero-order chi connectivity index (χ0) is 10.9. The summed E-state index contributed by atoms with van der Waals surface area (Å²) in [6.45, 7) is 3.66. The van der Waals surface area contributed by atoms with Gasteiger partial charge in [-0.25, -0.2) is 0 Å². The first-order valence-electron chi connectivity index (χ1n) is 5.59. The molecule has 82 valence electrons. The van der Waals surface area contributed by atoms with E-state index < -0.39 is 0 Å². The van der Waals surface area contributed by atoms with E-state index in [4.69, 9.17) is 0 Å². The molecule has 0 bridgehead atoms. The topological polar surface area (TPSA) is 29.1 Å². The standard InChI is InChI=1S/C13H19NO/c1-2-13(15)9-11-14-10-8-12-6-4-3-5-7-12/h3-7,14H,2,8-11H2,1H3. The molecule has 0 spiro atoms. The van der Waals surface area contributed by atoms with Crippen molar-refractivity contribution >= 4 is 5.78 Å². The van der Waals surface area contributed by atoms with E-state index in [-0.39, 0.29) is 0 Å². The van der Waals surface area contributed by atoms with E-state index in [1.165, 1.54) is 5.56 Å². The average Bonchev–Trinajstić information content (AvgIpc) is 2.29. The Hall–Kier alpha value is -1.15. The van der Waals surface area contributed by atoms with Gasteiger partial charge in [0.15, 0.2) is 0 Å². The molecular weight excluding hydrogens is 186 g/mol. The van der Waals surface area contributed by atoms with E-state index >= 15 is 0 Å². The van der Waals surface area contributed by atoms with Crippen molar-refractivity contribution in [2.24, 2.45) is 0 Å². The molecule has 1 aromatic carbocycles. The highest BCUT2D eigenvalue weighted by atomic mass is 16.1. The Morgan fingerprint density at radius 2 is 1.93 bits per heavy atom. The van der Waals surface area contributed by atoms with Crippen LogP contribution in [0.2, 0.25) is 0 Å². The number of carbonyl (C=O) groups excluding carboxylic acids is 1. The monoisotopic (exact) mass is 205 g/mol. The number of ketones is 1. The van der Waals surface area contributed by atoms with Crippen molar-refractivity contribution in [2.75, 3.05) is 13.1 Å². The first-order chi connectivity index (χ1) is 7.33. The van der Waals surface area contributed by atoms with E-state index in [0.717, 1.165) is 19.5 Å². The van der Waals surface area contributed by atoms with Gasteiger partial charge in [0.05, 0.1) is 0 Å². The van der Waals surface area contributed by atoms with Crippen molar-refractivity contribution in [2.45, 2.75) is 26.2 Å². The highest BCUT2D eigenvalue weighted by Crippen LogP contribution is 1.98. The fourth-order valence-corrected chi connectivity index (χ4v) is 1.41. The third kappa shape index (κ3) is 5.33. The van der Waals surface area contributed by atoms with Crippen molar-refractivity contribution in [3.63, 3.8) is 0 Å². The van der Waals surface area contributed by atoms with Gasteiger partial charge in [0.1, 0.15) is 5.78 Å². The molecule has 0 aromatic heterocycles. The third-order valence-corrected chi connectivity index (χ3v) is 2.41. The Balaban J connectivity index is 2.05. The predicted octanol–water partition coefficient (Wildman–Crippen LogP) is 2.19. The molecule has 0 unspecified atom stereocenters. The van der Waals surface area contributed by atoms with E-state index in [1.807, 2.05) is 13.0 Å². The average molecular weight is 205 g/mol. The lowest BCUT2D eigenvalue weighted by Crippen LogP contribution is -2.20. The summed E-state index contributed by atoms with van der Waals surface area (Å²) in [7, 11) is 0. The summed E-state index contributed by atoms with van der Waals surface area (Å²) in [6.07, 6.45) is 2.34. The van der Waals surface area contributed by atoms with E-state index in [2.05, 4.69) is 29.6 Å². The van der Waals surface area contributed by atoms with Crippen molar-refractivity contribution < 1.29 is 4.79 Å². The Labute approximate surface area is 91.7 Å². The van der Waals surface area contributed by atoms with Gasteiger partial charge in [-0.2, -0.15) is 0 Å². The van der Waals surface area contributed by atoms with E-state index in [9.17, 15) is 4.79 Å². The van der Waals surface area contributed by atoms with Gasteiger partial charge in [-0.3, -0.25) is 4.79 Å².